The lowest BCUT2D eigenvalue weighted by Gasteiger charge is -2.06. The number of carbonyl (C=O) groups is 2. The van der Waals surface area contributed by atoms with E-state index in [9.17, 15) is 14.0 Å². The van der Waals surface area contributed by atoms with Gasteiger partial charge >= 0.3 is 0 Å². The smallest absolute Gasteiger partial charge is 0.269 e. The molecule has 0 aromatic heterocycles. The van der Waals surface area contributed by atoms with Crippen LogP contribution in [0.2, 0.25) is 0 Å². The summed E-state index contributed by atoms with van der Waals surface area (Å²) >= 11 is 1.35. The van der Waals surface area contributed by atoms with Gasteiger partial charge in [0, 0.05) is 5.56 Å². The van der Waals surface area contributed by atoms with E-state index in [0.29, 0.717) is 0 Å². The molecule has 0 bridgehead atoms. The molecule has 0 saturated carbocycles. The Hall–Kier alpha value is -1.56. The molecule has 2 N–H and O–H groups in total. The summed E-state index contributed by atoms with van der Waals surface area (Å²) in [6.45, 7) is 0. The topological polar surface area (TPSA) is 58.2 Å². The molecule has 16 heavy (non-hydrogen) atoms. The Kier molecular flexibility index (Phi) is 4.78. The summed E-state index contributed by atoms with van der Waals surface area (Å²) in [5, 5.41) is 0. The first kappa shape index (κ1) is 12.5. The maximum atomic E-state index is 12.6. The zero-order valence-electron chi connectivity index (χ0n) is 8.62. The van der Waals surface area contributed by atoms with Crippen LogP contribution in [-0.2, 0) is 4.79 Å². The molecule has 6 heteroatoms. The maximum absolute atomic E-state index is 12.6. The van der Waals surface area contributed by atoms with Crippen LogP contribution in [-0.4, -0.2) is 23.8 Å². The minimum atomic E-state index is -0.477. The summed E-state index contributed by atoms with van der Waals surface area (Å²) in [5.41, 5.74) is 4.76. The summed E-state index contributed by atoms with van der Waals surface area (Å²) < 4.78 is 12.6. The van der Waals surface area contributed by atoms with E-state index < -0.39 is 11.7 Å². The molecule has 0 atom stereocenters. The highest BCUT2D eigenvalue weighted by Gasteiger charge is 2.06. The Morgan fingerprint density at radius 2 is 1.88 bits per heavy atom. The van der Waals surface area contributed by atoms with Crippen molar-refractivity contribution in [1.82, 2.24) is 10.9 Å². The van der Waals surface area contributed by atoms with Crippen molar-refractivity contribution in [3.8, 4) is 0 Å². The Morgan fingerprint density at radius 1 is 1.25 bits per heavy atom. The van der Waals surface area contributed by atoms with Crippen molar-refractivity contribution in [3.63, 3.8) is 0 Å². The number of amides is 2. The fraction of sp³-hybridized carbons (Fsp3) is 0.200. The summed E-state index contributed by atoms with van der Waals surface area (Å²) in [5.74, 6) is -0.913. The summed E-state index contributed by atoms with van der Waals surface area (Å²) in [6, 6.07) is 5.04. The molecule has 1 rings (SSSR count). The third-order valence-electron chi connectivity index (χ3n) is 1.70. The highest BCUT2D eigenvalue weighted by atomic mass is 32.2. The second kappa shape index (κ2) is 6.12. The lowest BCUT2D eigenvalue weighted by atomic mass is 10.2. The molecule has 1 aromatic carbocycles. The van der Waals surface area contributed by atoms with Crippen molar-refractivity contribution >= 4 is 23.6 Å². The van der Waals surface area contributed by atoms with Gasteiger partial charge in [0.15, 0.2) is 0 Å². The van der Waals surface area contributed by atoms with E-state index in [0.717, 1.165) is 0 Å². The van der Waals surface area contributed by atoms with E-state index in [1.54, 1.807) is 6.26 Å². The Labute approximate surface area is 96.6 Å². The van der Waals surface area contributed by atoms with Crippen LogP contribution in [0.25, 0.3) is 0 Å². The highest BCUT2D eigenvalue weighted by molar-refractivity contribution is 7.99. The molecule has 4 nitrogen and oxygen atoms in total. The first-order chi connectivity index (χ1) is 7.63. The molecular formula is C10H11FN2O2S. The zero-order valence-corrected chi connectivity index (χ0v) is 9.44. The van der Waals surface area contributed by atoms with E-state index >= 15 is 0 Å². The first-order valence-corrected chi connectivity index (χ1v) is 5.86. The largest absolute Gasteiger partial charge is 0.272 e. The van der Waals surface area contributed by atoms with Crippen molar-refractivity contribution < 1.29 is 14.0 Å². The summed E-state index contributed by atoms with van der Waals surface area (Å²) in [6.07, 6.45) is 1.78. The number of benzene rings is 1. The summed E-state index contributed by atoms with van der Waals surface area (Å²) in [7, 11) is 0. The molecule has 86 valence electrons. The average Bonchev–Trinajstić information content (AvgIpc) is 2.27. The van der Waals surface area contributed by atoms with Crippen LogP contribution in [0.15, 0.2) is 24.3 Å². The van der Waals surface area contributed by atoms with Gasteiger partial charge in [-0.05, 0) is 30.5 Å². The number of nitrogens with one attached hydrogen (secondary N) is 2. The van der Waals surface area contributed by atoms with Crippen molar-refractivity contribution in [1.29, 1.82) is 0 Å². The molecule has 0 spiro atoms. The Bertz CT molecular complexity index is 381. The lowest BCUT2D eigenvalue weighted by Crippen LogP contribution is -2.42. The van der Waals surface area contributed by atoms with Crippen molar-refractivity contribution in [2.24, 2.45) is 0 Å². The molecule has 0 radical (unpaired) electrons. The zero-order chi connectivity index (χ0) is 12.0. The fourth-order valence-electron chi connectivity index (χ4n) is 0.967. The van der Waals surface area contributed by atoms with Gasteiger partial charge in [-0.1, -0.05) is 0 Å². The standard InChI is InChI=1S/C10H11FN2O2S/c1-16-6-9(14)12-13-10(15)7-2-4-8(11)5-3-7/h2-5H,6H2,1H3,(H,12,14)(H,13,15). The monoisotopic (exact) mass is 242 g/mol. The molecule has 0 unspecified atom stereocenters. The van der Waals surface area contributed by atoms with Gasteiger partial charge in [-0.3, -0.25) is 20.4 Å². The van der Waals surface area contributed by atoms with Gasteiger partial charge in [0.1, 0.15) is 5.82 Å². The van der Waals surface area contributed by atoms with E-state index in [1.807, 2.05) is 0 Å². The molecule has 0 aliphatic heterocycles. The number of hydrogen-bond donors (Lipinski definition) is 2. The van der Waals surface area contributed by atoms with Crippen LogP contribution in [0, 0.1) is 5.82 Å². The number of hydrazine groups is 1. The fourth-order valence-corrected chi connectivity index (χ4v) is 1.30. The second-order valence-corrected chi connectivity index (χ2v) is 3.81. The van der Waals surface area contributed by atoms with Crippen LogP contribution in [0.4, 0.5) is 4.39 Å². The third-order valence-corrected chi connectivity index (χ3v) is 2.25. The molecule has 0 heterocycles. The van der Waals surface area contributed by atoms with Crippen LogP contribution < -0.4 is 10.9 Å². The molecule has 2 amide bonds. The lowest BCUT2D eigenvalue weighted by molar-refractivity contribution is -0.119. The minimum absolute atomic E-state index is 0.268. The quantitative estimate of drug-likeness (QED) is 0.776. The molecular weight excluding hydrogens is 231 g/mol. The van der Waals surface area contributed by atoms with Crippen LogP contribution in [0.5, 0.6) is 0 Å². The minimum Gasteiger partial charge on any atom is -0.272 e. The van der Waals surface area contributed by atoms with Gasteiger partial charge in [-0.2, -0.15) is 11.8 Å². The number of carbonyl (C=O) groups excluding carboxylic acids is 2. The van der Waals surface area contributed by atoms with E-state index in [-0.39, 0.29) is 17.2 Å². The van der Waals surface area contributed by atoms with Gasteiger partial charge in [-0.15, -0.1) is 0 Å². The number of thioether (sulfide) groups is 1. The number of hydrogen-bond acceptors (Lipinski definition) is 3. The molecule has 1 aromatic rings. The van der Waals surface area contributed by atoms with Gasteiger partial charge in [0.2, 0.25) is 5.91 Å². The Morgan fingerprint density at radius 3 is 2.44 bits per heavy atom. The SMILES string of the molecule is CSCC(=O)NNC(=O)c1ccc(F)cc1. The van der Waals surface area contributed by atoms with Crippen molar-refractivity contribution in [3.05, 3.63) is 35.6 Å². The average molecular weight is 242 g/mol. The molecule has 0 aliphatic rings. The summed E-state index contributed by atoms with van der Waals surface area (Å²) in [4.78, 5) is 22.4. The van der Waals surface area contributed by atoms with Crippen LogP contribution >= 0.6 is 11.8 Å². The maximum Gasteiger partial charge on any atom is 0.269 e. The normalized spacial score (nSPS) is 9.62. The third kappa shape index (κ3) is 3.90. The number of halogens is 1. The predicted octanol–water partition coefficient (Wildman–Crippen LogP) is 0.950. The first-order valence-electron chi connectivity index (χ1n) is 4.47. The Balaban J connectivity index is 2.47. The van der Waals surface area contributed by atoms with E-state index in [1.165, 1.54) is 36.0 Å². The molecule has 0 aliphatic carbocycles. The van der Waals surface area contributed by atoms with Crippen molar-refractivity contribution in [2.45, 2.75) is 0 Å². The van der Waals surface area contributed by atoms with Crippen LogP contribution in [0.3, 0.4) is 0 Å². The van der Waals surface area contributed by atoms with Gasteiger partial charge in [0.05, 0.1) is 5.75 Å². The van der Waals surface area contributed by atoms with Gasteiger partial charge in [-0.25, -0.2) is 4.39 Å². The number of rotatable bonds is 3. The molecule has 0 fully saturated rings. The van der Waals surface area contributed by atoms with Gasteiger partial charge in [0.25, 0.3) is 5.91 Å². The predicted molar refractivity (Wildman–Crippen MR) is 60.4 cm³/mol. The molecule has 0 saturated heterocycles. The van der Waals surface area contributed by atoms with Crippen LogP contribution in [0.1, 0.15) is 10.4 Å². The second-order valence-electron chi connectivity index (χ2n) is 2.94. The van der Waals surface area contributed by atoms with Gasteiger partial charge < -0.3 is 0 Å². The van der Waals surface area contributed by atoms with E-state index in [4.69, 9.17) is 0 Å². The highest BCUT2D eigenvalue weighted by Crippen LogP contribution is 2.01. The van der Waals surface area contributed by atoms with Crippen molar-refractivity contribution in [2.75, 3.05) is 12.0 Å². The van der Waals surface area contributed by atoms with E-state index in [2.05, 4.69) is 10.9 Å².